The number of halogens is 1. The van der Waals surface area contributed by atoms with Gasteiger partial charge in [-0.2, -0.15) is 0 Å². The molecule has 5 rings (SSSR count). The van der Waals surface area contributed by atoms with Crippen molar-refractivity contribution < 1.29 is 19.4 Å². The first kappa shape index (κ1) is 23.9. The average molecular weight is 507 g/mol. The number of aliphatic hydroxyl groups is 1. The molecule has 0 bridgehead atoms. The van der Waals surface area contributed by atoms with E-state index >= 15 is 0 Å². The molecule has 2 atom stereocenters. The molecule has 1 amide bonds. The third-order valence-electron chi connectivity index (χ3n) is 6.02. The van der Waals surface area contributed by atoms with E-state index < -0.39 is 0 Å². The van der Waals surface area contributed by atoms with Gasteiger partial charge < -0.3 is 25.5 Å². The number of hydrogen-bond acceptors (Lipinski definition) is 8. The van der Waals surface area contributed by atoms with Gasteiger partial charge in [0, 0.05) is 23.5 Å². The third kappa shape index (κ3) is 4.92. The summed E-state index contributed by atoms with van der Waals surface area (Å²) in [6.45, 7) is 0.407. The largest absolute Gasteiger partial charge is 0.394 e. The number of aromatic amines is 1. The predicted molar refractivity (Wildman–Crippen MR) is 134 cm³/mol. The van der Waals surface area contributed by atoms with Crippen LogP contribution in [0.1, 0.15) is 39.1 Å². The summed E-state index contributed by atoms with van der Waals surface area (Å²) in [4.78, 5) is 41.7. The second-order valence-electron chi connectivity index (χ2n) is 8.42. The Hall–Kier alpha value is -3.86. The Labute approximate surface area is 211 Å². The Morgan fingerprint density at radius 3 is 2.81 bits per heavy atom. The molecule has 184 valence electrons. The SMILES string of the molecule is O=C(Nc1cccnc1)c1ccc(C(=O)c2c[nH]c3ncnc(NC4CCC(CO)OC4)c23)c(Cl)c1. The lowest BCUT2D eigenvalue weighted by Gasteiger charge is -2.29. The van der Waals surface area contributed by atoms with Crippen molar-refractivity contribution in [1.29, 1.82) is 0 Å². The smallest absolute Gasteiger partial charge is 0.255 e. The van der Waals surface area contributed by atoms with E-state index in [1.165, 1.54) is 24.7 Å². The number of hydrogen-bond donors (Lipinski definition) is 4. The molecule has 36 heavy (non-hydrogen) atoms. The van der Waals surface area contributed by atoms with Crippen LogP contribution in [0, 0.1) is 0 Å². The lowest BCUT2D eigenvalue weighted by atomic mass is 10.0. The lowest BCUT2D eigenvalue weighted by Crippen LogP contribution is -2.36. The highest BCUT2D eigenvalue weighted by Gasteiger charge is 2.25. The van der Waals surface area contributed by atoms with Gasteiger partial charge >= 0.3 is 0 Å². The minimum Gasteiger partial charge on any atom is -0.394 e. The molecule has 0 spiro atoms. The topological polar surface area (TPSA) is 142 Å². The molecule has 0 saturated carbocycles. The van der Waals surface area contributed by atoms with Gasteiger partial charge in [-0.05, 0) is 43.2 Å². The van der Waals surface area contributed by atoms with Crippen LogP contribution in [0.5, 0.6) is 0 Å². The minimum atomic E-state index is -0.367. The molecule has 10 nitrogen and oxygen atoms in total. The average Bonchev–Trinajstić information content (AvgIpc) is 3.34. The highest BCUT2D eigenvalue weighted by Crippen LogP contribution is 2.29. The summed E-state index contributed by atoms with van der Waals surface area (Å²) >= 11 is 6.46. The summed E-state index contributed by atoms with van der Waals surface area (Å²) in [7, 11) is 0. The fourth-order valence-electron chi connectivity index (χ4n) is 4.13. The van der Waals surface area contributed by atoms with Crippen LogP contribution in [0.2, 0.25) is 5.02 Å². The number of pyridine rings is 1. The van der Waals surface area contributed by atoms with Crippen LogP contribution in [0.25, 0.3) is 11.0 Å². The number of fused-ring (bicyclic) bond motifs is 1. The summed E-state index contributed by atoms with van der Waals surface area (Å²) in [6.07, 6.45) is 7.49. The molecule has 1 fully saturated rings. The Morgan fingerprint density at radius 2 is 2.08 bits per heavy atom. The number of ketones is 1. The van der Waals surface area contributed by atoms with Crippen molar-refractivity contribution in [2.75, 3.05) is 23.8 Å². The molecule has 4 N–H and O–H groups in total. The first-order valence-electron chi connectivity index (χ1n) is 11.4. The fourth-order valence-corrected chi connectivity index (χ4v) is 4.40. The van der Waals surface area contributed by atoms with E-state index in [1.54, 1.807) is 30.6 Å². The molecule has 1 aromatic carbocycles. The van der Waals surface area contributed by atoms with Crippen LogP contribution in [0.3, 0.4) is 0 Å². The first-order valence-corrected chi connectivity index (χ1v) is 11.8. The zero-order valence-electron chi connectivity index (χ0n) is 19.1. The summed E-state index contributed by atoms with van der Waals surface area (Å²) in [5.74, 6) is -0.193. The zero-order chi connectivity index (χ0) is 25.1. The Bertz CT molecular complexity index is 1400. The number of aliphatic hydroxyl groups excluding tert-OH is 1. The van der Waals surface area contributed by atoms with E-state index in [-0.39, 0.29) is 41.0 Å². The summed E-state index contributed by atoms with van der Waals surface area (Å²) in [5.41, 5.74) is 1.96. The standard InChI is InChI=1S/C25H23ClN6O4/c26-20-8-14(25(35)32-15-2-1-7-27-9-15)3-6-18(20)22(34)19-10-28-23-21(19)24(30-13-29-23)31-16-4-5-17(11-33)36-12-16/h1-3,6-10,13,16-17,33H,4-5,11-12H2,(H,32,35)(H2,28,29,30,31). The van der Waals surface area contributed by atoms with Crippen LogP contribution in [-0.2, 0) is 4.74 Å². The number of nitrogens with zero attached hydrogens (tertiary/aromatic N) is 3. The van der Waals surface area contributed by atoms with Gasteiger partial charge in [0.1, 0.15) is 17.8 Å². The van der Waals surface area contributed by atoms with Crippen LogP contribution in [-0.4, -0.2) is 62.1 Å². The van der Waals surface area contributed by atoms with E-state index in [0.717, 1.165) is 12.8 Å². The molecule has 2 unspecified atom stereocenters. The molecule has 0 radical (unpaired) electrons. The van der Waals surface area contributed by atoms with Crippen LogP contribution in [0.4, 0.5) is 11.5 Å². The highest BCUT2D eigenvalue weighted by molar-refractivity contribution is 6.36. The van der Waals surface area contributed by atoms with Crippen molar-refractivity contribution >= 4 is 45.8 Å². The van der Waals surface area contributed by atoms with E-state index in [1.807, 2.05) is 0 Å². The van der Waals surface area contributed by atoms with Crippen molar-refractivity contribution in [2.45, 2.75) is 25.0 Å². The van der Waals surface area contributed by atoms with Crippen molar-refractivity contribution in [1.82, 2.24) is 19.9 Å². The number of amides is 1. The summed E-state index contributed by atoms with van der Waals surface area (Å²) in [5, 5.41) is 16.1. The van der Waals surface area contributed by atoms with Gasteiger partial charge in [-0.15, -0.1) is 0 Å². The first-order chi connectivity index (χ1) is 17.5. The highest BCUT2D eigenvalue weighted by atomic mass is 35.5. The monoisotopic (exact) mass is 506 g/mol. The molecular weight excluding hydrogens is 484 g/mol. The number of benzene rings is 1. The minimum absolute atomic E-state index is 0.00833. The number of aromatic nitrogens is 4. The van der Waals surface area contributed by atoms with E-state index in [4.69, 9.17) is 16.3 Å². The number of H-pyrrole nitrogens is 1. The van der Waals surface area contributed by atoms with Crippen molar-refractivity contribution in [3.63, 3.8) is 0 Å². The Balaban J connectivity index is 1.38. The molecule has 4 aromatic rings. The van der Waals surface area contributed by atoms with Gasteiger partial charge in [-0.1, -0.05) is 11.6 Å². The maximum Gasteiger partial charge on any atom is 0.255 e. The number of ether oxygens (including phenoxy) is 1. The van der Waals surface area contributed by atoms with Gasteiger partial charge in [0.25, 0.3) is 5.91 Å². The summed E-state index contributed by atoms with van der Waals surface area (Å²) < 4.78 is 5.65. The zero-order valence-corrected chi connectivity index (χ0v) is 19.8. The maximum absolute atomic E-state index is 13.5. The van der Waals surface area contributed by atoms with E-state index in [9.17, 15) is 14.7 Å². The fraction of sp³-hybridized carbons (Fsp3) is 0.240. The summed E-state index contributed by atoms with van der Waals surface area (Å²) in [6, 6.07) is 7.95. The number of rotatable bonds is 7. The second-order valence-corrected chi connectivity index (χ2v) is 8.83. The molecule has 1 aliphatic rings. The van der Waals surface area contributed by atoms with Crippen LogP contribution in [0.15, 0.2) is 55.2 Å². The molecule has 0 aliphatic carbocycles. The lowest BCUT2D eigenvalue weighted by molar-refractivity contribution is -0.0224. The normalized spacial score (nSPS) is 17.6. The Kier molecular flexibility index (Phi) is 6.90. The van der Waals surface area contributed by atoms with Crippen LogP contribution >= 0.6 is 11.6 Å². The van der Waals surface area contributed by atoms with Gasteiger partial charge in [0.15, 0.2) is 5.78 Å². The van der Waals surface area contributed by atoms with Gasteiger partial charge in [0.05, 0.1) is 53.2 Å². The van der Waals surface area contributed by atoms with Crippen LogP contribution < -0.4 is 10.6 Å². The predicted octanol–water partition coefficient (Wildman–Crippen LogP) is 3.44. The van der Waals surface area contributed by atoms with Crippen molar-refractivity contribution in [3.8, 4) is 0 Å². The third-order valence-corrected chi connectivity index (χ3v) is 6.34. The molecule has 1 saturated heterocycles. The maximum atomic E-state index is 13.5. The molecular formula is C25H23ClN6O4. The van der Waals surface area contributed by atoms with Gasteiger partial charge in [0.2, 0.25) is 0 Å². The van der Waals surface area contributed by atoms with Gasteiger partial charge in [-0.3, -0.25) is 14.6 Å². The number of nitrogens with one attached hydrogen (secondary N) is 3. The molecule has 1 aliphatic heterocycles. The van der Waals surface area contributed by atoms with Crippen molar-refractivity contribution in [3.05, 3.63) is 77.0 Å². The van der Waals surface area contributed by atoms with E-state index in [2.05, 4.69) is 30.6 Å². The molecule has 11 heteroatoms. The molecule has 4 heterocycles. The van der Waals surface area contributed by atoms with Gasteiger partial charge in [-0.25, -0.2) is 9.97 Å². The number of anilines is 2. The quantitative estimate of drug-likeness (QED) is 0.279. The van der Waals surface area contributed by atoms with Crippen molar-refractivity contribution in [2.24, 2.45) is 0 Å². The second kappa shape index (κ2) is 10.4. The van der Waals surface area contributed by atoms with E-state index in [0.29, 0.717) is 40.3 Å². The number of carbonyl (C=O) groups excluding carboxylic acids is 2. The molecule has 3 aromatic heterocycles. The number of carbonyl (C=O) groups is 2. The Morgan fingerprint density at radius 1 is 1.19 bits per heavy atom.